The van der Waals surface area contributed by atoms with Crippen LogP contribution in [0.3, 0.4) is 0 Å². The van der Waals surface area contributed by atoms with E-state index in [2.05, 4.69) is 36.8 Å². The third-order valence-electron chi connectivity index (χ3n) is 3.91. The summed E-state index contributed by atoms with van der Waals surface area (Å²) in [5.41, 5.74) is 4.03. The van der Waals surface area contributed by atoms with Gasteiger partial charge in [0, 0.05) is 17.9 Å². The van der Waals surface area contributed by atoms with Crippen molar-refractivity contribution in [3.8, 4) is 0 Å². The van der Waals surface area contributed by atoms with Crippen molar-refractivity contribution in [3.05, 3.63) is 29.1 Å². The van der Waals surface area contributed by atoms with Gasteiger partial charge in [0.05, 0.1) is 6.42 Å². The first-order valence-electron chi connectivity index (χ1n) is 7.49. The molecule has 1 aliphatic rings. The van der Waals surface area contributed by atoms with Crippen LogP contribution in [0.4, 0.5) is 0 Å². The fraction of sp³-hybridized carbons (Fsp3) is 0.562. The minimum absolute atomic E-state index is 0.601. The molecule has 23 heavy (non-hydrogen) atoms. The minimum atomic E-state index is -1.79. The van der Waals surface area contributed by atoms with Gasteiger partial charge in [-0.15, -0.1) is 0 Å². The maximum atomic E-state index is 9.72. The first kappa shape index (κ1) is 19.1. The molecular formula is C16H24N2O5. The van der Waals surface area contributed by atoms with E-state index in [9.17, 15) is 9.59 Å². The van der Waals surface area contributed by atoms with E-state index >= 15 is 0 Å². The van der Waals surface area contributed by atoms with E-state index in [0.717, 1.165) is 0 Å². The Kier molecular flexibility index (Phi) is 7.12. The van der Waals surface area contributed by atoms with Crippen molar-refractivity contribution in [1.82, 2.24) is 9.88 Å². The molecular weight excluding hydrogens is 300 g/mol. The Morgan fingerprint density at radius 1 is 1.39 bits per heavy atom. The van der Waals surface area contributed by atoms with Crippen LogP contribution >= 0.6 is 0 Å². The average Bonchev–Trinajstić information content (AvgIpc) is 2.85. The molecule has 2 rings (SSSR count). The smallest absolute Gasteiger partial charge is 0.333 e. The van der Waals surface area contributed by atoms with Crippen molar-refractivity contribution < 1.29 is 24.9 Å². The fourth-order valence-electron chi connectivity index (χ4n) is 2.74. The van der Waals surface area contributed by atoms with Crippen LogP contribution in [0.15, 0.2) is 12.3 Å². The van der Waals surface area contributed by atoms with E-state index in [0.29, 0.717) is 6.04 Å². The second-order valence-electron chi connectivity index (χ2n) is 5.72. The summed E-state index contributed by atoms with van der Waals surface area (Å²) in [5.74, 6) is -2.85. The van der Waals surface area contributed by atoms with Crippen LogP contribution in [0.5, 0.6) is 0 Å². The van der Waals surface area contributed by atoms with E-state index in [-0.39, 0.29) is 0 Å². The molecule has 3 N–H and O–H groups in total. The molecule has 1 aromatic heterocycles. The number of likely N-dealkylation sites (tertiary alicyclic amines) is 1. The minimum Gasteiger partial charge on any atom is -0.481 e. The molecule has 1 fully saturated rings. The number of hydrogen-bond donors (Lipinski definition) is 3. The predicted octanol–water partition coefficient (Wildman–Crippen LogP) is 1.37. The lowest BCUT2D eigenvalue weighted by Crippen LogP contribution is -2.22. The van der Waals surface area contributed by atoms with Gasteiger partial charge in [-0.05, 0) is 57.5 Å². The normalized spacial score (nSPS) is 18.9. The number of rotatable bonds is 4. The number of pyridine rings is 1. The molecule has 1 aromatic rings. The number of carbonyl (C=O) groups is 2. The Balaban J connectivity index is 0.000000257. The number of aliphatic hydroxyl groups is 1. The molecule has 0 aromatic carbocycles. The number of carboxylic acids is 2. The Bertz CT molecular complexity index is 541. The molecule has 2 atom stereocenters. The second-order valence-corrected chi connectivity index (χ2v) is 5.72. The number of nitrogens with zero attached hydrogens (tertiary/aromatic N) is 2. The van der Waals surface area contributed by atoms with Gasteiger partial charge in [0.2, 0.25) is 0 Å². The standard InChI is InChI=1S/C12H18N2.C4H6O5/c1-9-6-7-13-10(2)12(9)11-5-4-8-14(11)3;5-2(4(8)9)1-3(6)7/h6-7,11H,4-5,8H2,1-3H3;2,5H,1H2,(H,6,7)(H,8,9)/t11-;2-/m00/s1. The van der Waals surface area contributed by atoms with Crippen LogP contribution in [-0.4, -0.2) is 56.8 Å². The Morgan fingerprint density at radius 2 is 2.04 bits per heavy atom. The van der Waals surface area contributed by atoms with E-state index in [1.165, 1.54) is 36.2 Å². The van der Waals surface area contributed by atoms with Crippen molar-refractivity contribution in [3.63, 3.8) is 0 Å². The third kappa shape index (κ3) is 5.61. The highest BCUT2D eigenvalue weighted by Gasteiger charge is 2.25. The quantitative estimate of drug-likeness (QED) is 0.767. The van der Waals surface area contributed by atoms with E-state index in [4.69, 9.17) is 15.3 Å². The molecule has 7 heteroatoms. The lowest BCUT2D eigenvalue weighted by Gasteiger charge is -2.22. The monoisotopic (exact) mass is 324 g/mol. The Hall–Kier alpha value is -1.99. The van der Waals surface area contributed by atoms with Gasteiger partial charge in [0.1, 0.15) is 0 Å². The predicted molar refractivity (Wildman–Crippen MR) is 84.2 cm³/mol. The zero-order chi connectivity index (χ0) is 17.6. The molecule has 1 aliphatic heterocycles. The van der Waals surface area contributed by atoms with Crippen LogP contribution in [0.25, 0.3) is 0 Å². The fourth-order valence-corrected chi connectivity index (χ4v) is 2.74. The number of aromatic nitrogens is 1. The summed E-state index contributed by atoms with van der Waals surface area (Å²) in [6.07, 6.45) is 1.96. The van der Waals surface area contributed by atoms with Crippen molar-refractivity contribution in [1.29, 1.82) is 0 Å². The highest BCUT2D eigenvalue weighted by atomic mass is 16.4. The number of aliphatic hydroxyl groups excluding tert-OH is 1. The molecule has 128 valence electrons. The van der Waals surface area contributed by atoms with Crippen molar-refractivity contribution in [2.24, 2.45) is 0 Å². The number of aryl methyl sites for hydroxylation is 2. The Labute approximate surface area is 135 Å². The number of hydrogen-bond acceptors (Lipinski definition) is 5. The molecule has 0 bridgehead atoms. The summed E-state index contributed by atoms with van der Waals surface area (Å²) in [7, 11) is 2.21. The topological polar surface area (TPSA) is 111 Å². The summed E-state index contributed by atoms with van der Waals surface area (Å²) in [6, 6.07) is 2.72. The van der Waals surface area contributed by atoms with Gasteiger partial charge < -0.3 is 15.3 Å². The highest BCUT2D eigenvalue weighted by molar-refractivity contribution is 5.79. The average molecular weight is 324 g/mol. The van der Waals surface area contributed by atoms with E-state index < -0.39 is 24.5 Å². The summed E-state index contributed by atoms with van der Waals surface area (Å²) >= 11 is 0. The maximum Gasteiger partial charge on any atom is 0.333 e. The summed E-state index contributed by atoms with van der Waals surface area (Å²) < 4.78 is 0. The van der Waals surface area contributed by atoms with Gasteiger partial charge in [-0.1, -0.05) is 0 Å². The zero-order valence-corrected chi connectivity index (χ0v) is 13.7. The lowest BCUT2D eigenvalue weighted by atomic mass is 9.98. The van der Waals surface area contributed by atoms with Gasteiger partial charge in [-0.25, -0.2) is 4.79 Å². The van der Waals surface area contributed by atoms with Gasteiger partial charge in [0.15, 0.2) is 6.10 Å². The van der Waals surface area contributed by atoms with Crippen LogP contribution in [0, 0.1) is 13.8 Å². The molecule has 2 heterocycles. The van der Waals surface area contributed by atoms with Crippen LogP contribution in [-0.2, 0) is 9.59 Å². The number of carboxylic acid groups (broad SMARTS) is 2. The molecule has 0 saturated carbocycles. The van der Waals surface area contributed by atoms with Crippen molar-refractivity contribution in [2.75, 3.05) is 13.6 Å². The summed E-state index contributed by atoms with van der Waals surface area (Å²) in [4.78, 5) is 26.2. The highest BCUT2D eigenvalue weighted by Crippen LogP contribution is 2.33. The lowest BCUT2D eigenvalue weighted by molar-refractivity contribution is -0.152. The molecule has 0 amide bonds. The van der Waals surface area contributed by atoms with E-state index in [1.807, 2.05) is 6.20 Å². The second kappa shape index (κ2) is 8.59. The first-order valence-corrected chi connectivity index (χ1v) is 7.49. The number of aliphatic carboxylic acids is 2. The maximum absolute atomic E-state index is 9.72. The molecule has 0 radical (unpaired) electrons. The van der Waals surface area contributed by atoms with Crippen LogP contribution in [0.1, 0.15) is 42.1 Å². The van der Waals surface area contributed by atoms with Crippen molar-refractivity contribution in [2.45, 2.75) is 45.3 Å². The van der Waals surface area contributed by atoms with E-state index in [1.54, 1.807) is 0 Å². The van der Waals surface area contributed by atoms with Gasteiger partial charge >= 0.3 is 11.9 Å². The van der Waals surface area contributed by atoms with Gasteiger partial charge in [0.25, 0.3) is 0 Å². The largest absolute Gasteiger partial charge is 0.481 e. The third-order valence-corrected chi connectivity index (χ3v) is 3.91. The molecule has 1 saturated heterocycles. The van der Waals surface area contributed by atoms with Crippen LogP contribution < -0.4 is 0 Å². The molecule has 0 unspecified atom stereocenters. The molecule has 7 nitrogen and oxygen atoms in total. The first-order chi connectivity index (χ1) is 10.7. The van der Waals surface area contributed by atoms with Crippen molar-refractivity contribution >= 4 is 11.9 Å². The molecule has 0 spiro atoms. The SMILES string of the molecule is Cc1ccnc(C)c1[C@@H]1CCCN1C.O=C(O)C[C@H](O)C(=O)O. The Morgan fingerprint density at radius 3 is 2.43 bits per heavy atom. The summed E-state index contributed by atoms with van der Waals surface area (Å²) in [6.45, 7) is 5.53. The van der Waals surface area contributed by atoms with Gasteiger partial charge in [-0.2, -0.15) is 0 Å². The zero-order valence-electron chi connectivity index (χ0n) is 13.7. The van der Waals surface area contributed by atoms with Gasteiger partial charge in [-0.3, -0.25) is 14.7 Å². The molecule has 0 aliphatic carbocycles. The van der Waals surface area contributed by atoms with Crippen LogP contribution in [0.2, 0.25) is 0 Å². The summed E-state index contributed by atoms with van der Waals surface area (Å²) in [5, 5.41) is 24.1.